The van der Waals surface area contributed by atoms with Crippen molar-refractivity contribution in [2.75, 3.05) is 7.11 Å². The van der Waals surface area contributed by atoms with E-state index in [4.69, 9.17) is 4.74 Å². The number of aromatic nitrogens is 4. The Kier molecular flexibility index (Phi) is 10.0. The number of aryl methyl sites for hydroxylation is 3. The Labute approximate surface area is 247 Å². The minimum Gasteiger partial charge on any atom is -0.496 e. The minimum atomic E-state index is -1.47. The van der Waals surface area contributed by atoms with Crippen molar-refractivity contribution in [3.05, 3.63) is 74.4 Å². The molecule has 1 aromatic carbocycles. The summed E-state index contributed by atoms with van der Waals surface area (Å²) in [7, 11) is 4.99. The van der Waals surface area contributed by atoms with Crippen LogP contribution in [0.25, 0.3) is 15.2 Å². The van der Waals surface area contributed by atoms with Crippen molar-refractivity contribution in [3.63, 3.8) is 0 Å². The van der Waals surface area contributed by atoms with Crippen molar-refractivity contribution < 1.29 is 13.9 Å². The Hall–Kier alpha value is -2.65. The first-order valence-corrected chi connectivity index (χ1v) is 16.1. The summed E-state index contributed by atoms with van der Waals surface area (Å²) < 4.78 is 23.5. The summed E-state index contributed by atoms with van der Waals surface area (Å²) in [5, 5.41) is 8.13. The molecule has 0 spiro atoms. The molecule has 9 nitrogen and oxygen atoms in total. The number of carbonyl (C=O) groups is 1. The Morgan fingerprint density at radius 2 is 1.97 bits per heavy atom. The van der Waals surface area contributed by atoms with Gasteiger partial charge in [0.15, 0.2) is 0 Å². The predicted octanol–water partition coefficient (Wildman–Crippen LogP) is 4.64. The van der Waals surface area contributed by atoms with Gasteiger partial charge in [0.25, 0.3) is 5.56 Å². The quantitative estimate of drug-likeness (QED) is 0.208. The van der Waals surface area contributed by atoms with E-state index < -0.39 is 28.5 Å². The number of thiophene rings is 1. The van der Waals surface area contributed by atoms with Crippen LogP contribution in [0.15, 0.2) is 46.2 Å². The van der Waals surface area contributed by atoms with Crippen molar-refractivity contribution in [1.29, 1.82) is 0 Å². The Balaban J connectivity index is 0.00000205. The first-order chi connectivity index (χ1) is 18.5. The highest BCUT2D eigenvalue weighted by atomic mass is 127. The van der Waals surface area contributed by atoms with Gasteiger partial charge in [0.1, 0.15) is 26.9 Å². The van der Waals surface area contributed by atoms with Crippen molar-refractivity contribution in [3.8, 4) is 10.8 Å². The average Bonchev–Trinajstić information content (AvgIpc) is 3.53. The van der Waals surface area contributed by atoms with E-state index in [0.29, 0.717) is 32.1 Å². The predicted molar refractivity (Wildman–Crippen MR) is 164 cm³/mol. The molecule has 4 rings (SSSR count). The Bertz CT molecular complexity index is 1590. The number of rotatable bonds is 8. The van der Waals surface area contributed by atoms with E-state index in [1.165, 1.54) is 41.2 Å². The van der Waals surface area contributed by atoms with E-state index in [2.05, 4.69) is 20.2 Å². The average molecular weight is 688 g/mol. The van der Waals surface area contributed by atoms with Crippen LogP contribution in [0.3, 0.4) is 0 Å². The molecule has 4 aromatic rings. The number of hydrogen-bond acceptors (Lipinski definition) is 7. The Morgan fingerprint density at radius 1 is 1.28 bits per heavy atom. The molecule has 0 saturated carbocycles. The van der Waals surface area contributed by atoms with Gasteiger partial charge >= 0.3 is 5.69 Å². The standard InChI is InChI=1S/C26H30FN5O4S.HIS/c1-15(2)29-24(34)26(4,5)32-21(33)20-16(3)22(31-12-7-11-28-31)37-23(20)30(25(32)35)13-10-17-14-18(27)8-9-19(17)36-6;1-2/h7-9,11-12,14-15H,10,13H2,1-6H3,(H,29,34);2H. The lowest BCUT2D eigenvalue weighted by molar-refractivity contribution is -0.129. The van der Waals surface area contributed by atoms with Crippen molar-refractivity contribution >= 4 is 58.5 Å². The lowest BCUT2D eigenvalue weighted by atomic mass is 10.0. The number of nitrogens with one attached hydrogen (secondary N) is 1. The van der Waals surface area contributed by atoms with Crippen molar-refractivity contribution in [1.82, 2.24) is 24.2 Å². The van der Waals surface area contributed by atoms with E-state index in [0.717, 1.165) is 4.57 Å². The molecular formula is C26H31FIN5O4S2. The number of fused-ring (bicyclic) bond motifs is 1. The first-order valence-electron chi connectivity index (χ1n) is 12.1. The van der Waals surface area contributed by atoms with Crippen LogP contribution in [-0.4, -0.2) is 38.0 Å². The summed E-state index contributed by atoms with van der Waals surface area (Å²) in [4.78, 5) is 41.3. The highest BCUT2D eigenvalue weighted by molar-refractivity contribution is 14.2. The summed E-state index contributed by atoms with van der Waals surface area (Å²) in [5.74, 6) is -0.368. The Morgan fingerprint density at radius 3 is 2.56 bits per heavy atom. The zero-order valence-corrected chi connectivity index (χ0v) is 26.4. The van der Waals surface area contributed by atoms with Crippen LogP contribution >= 0.6 is 42.3 Å². The summed E-state index contributed by atoms with van der Waals surface area (Å²) >= 11 is 3.11. The van der Waals surface area contributed by atoms with Crippen LogP contribution in [-0.2, 0) is 23.3 Å². The smallest absolute Gasteiger partial charge is 0.333 e. The zero-order valence-electron chi connectivity index (χ0n) is 22.5. The highest BCUT2D eigenvalue weighted by Crippen LogP contribution is 2.31. The molecule has 1 amide bonds. The molecule has 1 N–H and O–H groups in total. The fourth-order valence-electron chi connectivity index (χ4n) is 4.35. The summed E-state index contributed by atoms with van der Waals surface area (Å²) in [6.45, 7) is 8.65. The first kappa shape index (κ1) is 30.9. The monoisotopic (exact) mass is 687 g/mol. The molecule has 3 aromatic heterocycles. The maximum Gasteiger partial charge on any atom is 0.333 e. The number of ether oxygens (including phenoxy) is 1. The van der Waals surface area contributed by atoms with Gasteiger partial charge in [-0.25, -0.2) is 18.4 Å². The summed E-state index contributed by atoms with van der Waals surface area (Å²) in [5.41, 5.74) is -1.40. The molecule has 0 aliphatic rings. The molecule has 0 unspecified atom stereocenters. The number of benzene rings is 1. The molecule has 0 atom stereocenters. The molecular weight excluding hydrogens is 656 g/mol. The fourth-order valence-corrected chi connectivity index (χ4v) is 5.61. The van der Waals surface area contributed by atoms with Gasteiger partial charge in [-0.3, -0.25) is 14.2 Å². The number of methoxy groups -OCH3 is 1. The molecule has 0 bridgehead atoms. The van der Waals surface area contributed by atoms with E-state index >= 15 is 0 Å². The molecule has 3 heterocycles. The van der Waals surface area contributed by atoms with Crippen LogP contribution in [0.4, 0.5) is 4.39 Å². The third-order valence-electron chi connectivity index (χ3n) is 6.28. The molecule has 0 aliphatic heterocycles. The second kappa shape index (κ2) is 12.7. The second-order valence-corrected chi connectivity index (χ2v) is 10.6. The van der Waals surface area contributed by atoms with E-state index in [1.54, 1.807) is 43.9 Å². The molecule has 0 saturated heterocycles. The summed E-state index contributed by atoms with van der Waals surface area (Å²) in [6, 6.07) is 5.80. The number of thiol groups is 1. The van der Waals surface area contributed by atoms with Gasteiger partial charge in [-0.05, 0) is 92.1 Å². The number of carbonyl (C=O) groups excluding carboxylic acids is 1. The number of halogens is 2. The maximum atomic E-state index is 14.0. The largest absolute Gasteiger partial charge is 0.496 e. The molecule has 0 fully saturated rings. The van der Waals surface area contributed by atoms with Crippen molar-refractivity contribution in [2.45, 2.75) is 59.2 Å². The number of hydrogen-bond donors (Lipinski definition) is 2. The summed E-state index contributed by atoms with van der Waals surface area (Å²) in [6.07, 6.45) is 3.65. The third kappa shape index (κ3) is 6.09. The van der Waals surface area contributed by atoms with Gasteiger partial charge in [0.2, 0.25) is 5.91 Å². The van der Waals surface area contributed by atoms with Crippen LogP contribution in [0, 0.1) is 12.7 Å². The fraction of sp³-hybridized carbons (Fsp3) is 0.385. The van der Waals surface area contributed by atoms with Crippen LogP contribution in [0.1, 0.15) is 38.8 Å². The number of amides is 1. The molecule has 0 radical (unpaired) electrons. The normalized spacial score (nSPS) is 11.4. The van der Waals surface area contributed by atoms with E-state index in [9.17, 15) is 18.8 Å². The van der Waals surface area contributed by atoms with E-state index in [-0.39, 0.29) is 19.0 Å². The van der Waals surface area contributed by atoms with E-state index in [1.807, 2.05) is 35.1 Å². The van der Waals surface area contributed by atoms with Gasteiger partial charge in [-0.15, -0.1) is 9.80 Å². The number of nitrogens with zero attached hydrogens (tertiary/aromatic N) is 4. The zero-order chi connectivity index (χ0) is 29.1. The topological polar surface area (TPSA) is 100 Å². The third-order valence-corrected chi connectivity index (χ3v) is 7.59. The SMILES string of the molecule is COc1ccc(F)cc1CCn1c(=O)n(C(C)(C)C(=O)NC(C)C)c(=O)c2c(C)c(-n3cccn3)sc21.SI. The molecule has 0 aliphatic carbocycles. The lowest BCUT2D eigenvalue weighted by Gasteiger charge is -2.27. The minimum absolute atomic E-state index is 0.135. The lowest BCUT2D eigenvalue weighted by Crippen LogP contribution is -2.56. The molecule has 39 heavy (non-hydrogen) atoms. The van der Waals surface area contributed by atoms with Gasteiger partial charge < -0.3 is 10.1 Å². The second-order valence-electron chi connectivity index (χ2n) is 9.63. The van der Waals surface area contributed by atoms with Crippen molar-refractivity contribution in [2.24, 2.45) is 0 Å². The van der Waals surface area contributed by atoms with Gasteiger partial charge in [0.05, 0.1) is 12.5 Å². The van der Waals surface area contributed by atoms with Crippen LogP contribution in [0.5, 0.6) is 5.75 Å². The van der Waals surface area contributed by atoms with Crippen LogP contribution < -0.4 is 21.3 Å². The highest BCUT2D eigenvalue weighted by Gasteiger charge is 2.35. The molecule has 210 valence electrons. The maximum absolute atomic E-state index is 14.0. The van der Waals surface area contributed by atoms with Gasteiger partial charge in [-0.2, -0.15) is 5.10 Å². The van der Waals surface area contributed by atoms with Gasteiger partial charge in [0, 0.05) is 30.5 Å². The van der Waals surface area contributed by atoms with Gasteiger partial charge in [-0.1, -0.05) is 11.3 Å². The molecule has 13 heteroatoms. The van der Waals surface area contributed by atoms with Crippen LogP contribution in [0.2, 0.25) is 0 Å².